The van der Waals surface area contributed by atoms with Gasteiger partial charge in [-0.15, -0.1) is 0 Å². The first-order valence-electron chi connectivity index (χ1n) is 5.03. The fourth-order valence-electron chi connectivity index (χ4n) is 1.52. The highest BCUT2D eigenvalue weighted by atomic mass is 19.4. The molecule has 0 saturated heterocycles. The van der Waals surface area contributed by atoms with E-state index < -0.39 is 17.6 Å². The first-order chi connectivity index (χ1) is 8.38. The van der Waals surface area contributed by atoms with Crippen molar-refractivity contribution < 1.29 is 17.6 Å². The van der Waals surface area contributed by atoms with Crippen LogP contribution in [0, 0.1) is 12.7 Å². The third-order valence-corrected chi connectivity index (χ3v) is 2.37. The molecule has 6 heteroatoms. The van der Waals surface area contributed by atoms with Gasteiger partial charge >= 0.3 is 6.18 Å². The largest absolute Gasteiger partial charge is 0.419 e. The zero-order chi connectivity index (χ0) is 13.3. The normalized spacial score (nSPS) is 11.6. The lowest BCUT2D eigenvalue weighted by Crippen LogP contribution is -2.07. The summed E-state index contributed by atoms with van der Waals surface area (Å²) in [6, 6.07) is 4.29. The summed E-state index contributed by atoms with van der Waals surface area (Å²) in [5.74, 6) is -1.31. The molecule has 1 aromatic heterocycles. The topological polar surface area (TPSA) is 25.8 Å². The van der Waals surface area contributed by atoms with E-state index in [1.54, 1.807) is 13.0 Å². The number of halogens is 4. The number of hydrogen-bond acceptors (Lipinski definition) is 2. The molecule has 0 bridgehead atoms. The van der Waals surface area contributed by atoms with Crippen LogP contribution in [0.1, 0.15) is 11.3 Å². The van der Waals surface area contributed by atoms with Crippen LogP contribution in [-0.4, -0.2) is 9.97 Å². The van der Waals surface area contributed by atoms with Gasteiger partial charge < -0.3 is 0 Å². The van der Waals surface area contributed by atoms with Crippen molar-refractivity contribution in [2.24, 2.45) is 0 Å². The highest BCUT2D eigenvalue weighted by molar-refractivity contribution is 5.59. The van der Waals surface area contributed by atoms with E-state index in [1.807, 2.05) is 0 Å². The van der Waals surface area contributed by atoms with Crippen molar-refractivity contribution in [3.8, 4) is 11.3 Å². The molecule has 0 aliphatic rings. The minimum atomic E-state index is -4.69. The van der Waals surface area contributed by atoms with Crippen molar-refractivity contribution in [3.05, 3.63) is 47.7 Å². The molecule has 0 spiro atoms. The van der Waals surface area contributed by atoms with Crippen LogP contribution in [0.4, 0.5) is 17.6 Å². The van der Waals surface area contributed by atoms with Crippen molar-refractivity contribution in [1.82, 2.24) is 9.97 Å². The van der Waals surface area contributed by atoms with Gasteiger partial charge in [0, 0.05) is 11.3 Å². The zero-order valence-electron chi connectivity index (χ0n) is 9.29. The molecule has 18 heavy (non-hydrogen) atoms. The van der Waals surface area contributed by atoms with Gasteiger partial charge in [0.15, 0.2) is 0 Å². The second kappa shape index (κ2) is 4.36. The maximum Gasteiger partial charge on any atom is 0.419 e. The maximum atomic E-state index is 13.4. The average Bonchev–Trinajstić information content (AvgIpc) is 2.27. The molecule has 0 amide bonds. The number of alkyl halides is 3. The number of aryl methyl sites for hydroxylation is 1. The Labute approximate surface area is 100 Å². The van der Waals surface area contributed by atoms with Crippen molar-refractivity contribution in [2.75, 3.05) is 0 Å². The Kier molecular flexibility index (Phi) is 3.02. The van der Waals surface area contributed by atoms with Crippen LogP contribution in [-0.2, 0) is 6.18 Å². The summed E-state index contributed by atoms with van der Waals surface area (Å²) in [4.78, 5) is 7.74. The SMILES string of the molecule is Cc1cc(-c2ccc(C(F)(F)F)c(F)c2)ncn1. The van der Waals surface area contributed by atoms with E-state index in [2.05, 4.69) is 9.97 Å². The monoisotopic (exact) mass is 256 g/mol. The molecular weight excluding hydrogens is 248 g/mol. The van der Waals surface area contributed by atoms with E-state index >= 15 is 0 Å². The molecule has 0 saturated carbocycles. The third-order valence-electron chi connectivity index (χ3n) is 2.37. The smallest absolute Gasteiger partial charge is 0.242 e. The molecule has 0 unspecified atom stereocenters. The highest BCUT2D eigenvalue weighted by Crippen LogP contribution is 2.33. The summed E-state index contributed by atoms with van der Waals surface area (Å²) in [6.45, 7) is 1.71. The number of aromatic nitrogens is 2. The minimum Gasteiger partial charge on any atom is -0.242 e. The predicted molar refractivity (Wildman–Crippen MR) is 57.2 cm³/mol. The second-order valence-corrected chi connectivity index (χ2v) is 3.74. The van der Waals surface area contributed by atoms with Gasteiger partial charge in [-0.3, -0.25) is 0 Å². The number of nitrogens with zero attached hydrogens (tertiary/aromatic N) is 2. The Hall–Kier alpha value is -1.98. The summed E-state index contributed by atoms with van der Waals surface area (Å²) in [6.07, 6.45) is -3.41. The Bertz CT molecular complexity index is 579. The summed E-state index contributed by atoms with van der Waals surface area (Å²) in [7, 11) is 0. The van der Waals surface area contributed by atoms with Gasteiger partial charge in [-0.05, 0) is 25.1 Å². The van der Waals surface area contributed by atoms with Crippen LogP contribution in [0.3, 0.4) is 0 Å². The van der Waals surface area contributed by atoms with Crippen LogP contribution in [0.2, 0.25) is 0 Å². The predicted octanol–water partition coefficient (Wildman–Crippen LogP) is 3.61. The number of rotatable bonds is 1. The van der Waals surface area contributed by atoms with E-state index in [0.29, 0.717) is 17.5 Å². The molecule has 1 aromatic carbocycles. The highest BCUT2D eigenvalue weighted by Gasteiger charge is 2.33. The van der Waals surface area contributed by atoms with Gasteiger partial charge in [-0.25, -0.2) is 14.4 Å². The summed E-state index contributed by atoms with van der Waals surface area (Å²) < 4.78 is 50.5. The van der Waals surface area contributed by atoms with Crippen molar-refractivity contribution in [1.29, 1.82) is 0 Å². The summed E-state index contributed by atoms with van der Waals surface area (Å²) >= 11 is 0. The van der Waals surface area contributed by atoms with Crippen LogP contribution >= 0.6 is 0 Å². The molecule has 0 N–H and O–H groups in total. The third kappa shape index (κ3) is 2.47. The Morgan fingerprint density at radius 3 is 2.33 bits per heavy atom. The van der Waals surface area contributed by atoms with Gasteiger partial charge in [0.1, 0.15) is 12.1 Å². The first-order valence-corrected chi connectivity index (χ1v) is 5.03. The summed E-state index contributed by atoms with van der Waals surface area (Å²) in [5.41, 5.74) is 0.0402. The van der Waals surface area contributed by atoms with Crippen molar-refractivity contribution in [3.63, 3.8) is 0 Å². The molecule has 1 heterocycles. The quantitative estimate of drug-likeness (QED) is 0.728. The van der Waals surface area contributed by atoms with E-state index in [1.165, 1.54) is 12.4 Å². The molecule has 2 nitrogen and oxygen atoms in total. The van der Waals surface area contributed by atoms with Gasteiger partial charge in [0.05, 0.1) is 11.3 Å². The van der Waals surface area contributed by atoms with Crippen LogP contribution in [0.15, 0.2) is 30.6 Å². The molecule has 0 radical (unpaired) electrons. The Balaban J connectivity index is 2.47. The van der Waals surface area contributed by atoms with E-state index in [0.717, 1.165) is 6.07 Å². The van der Waals surface area contributed by atoms with Gasteiger partial charge in [-0.2, -0.15) is 13.2 Å². The molecule has 2 aromatic rings. The van der Waals surface area contributed by atoms with Crippen LogP contribution in [0.25, 0.3) is 11.3 Å². The molecule has 94 valence electrons. The molecule has 0 fully saturated rings. The van der Waals surface area contributed by atoms with Crippen molar-refractivity contribution >= 4 is 0 Å². The fraction of sp³-hybridized carbons (Fsp3) is 0.167. The zero-order valence-corrected chi connectivity index (χ0v) is 9.29. The van der Waals surface area contributed by atoms with Gasteiger partial charge in [-0.1, -0.05) is 6.07 Å². The average molecular weight is 256 g/mol. The Morgan fingerprint density at radius 1 is 1.06 bits per heavy atom. The molecular formula is C12H8F4N2. The maximum absolute atomic E-state index is 13.4. The lowest BCUT2D eigenvalue weighted by Gasteiger charge is -2.09. The van der Waals surface area contributed by atoms with E-state index in [-0.39, 0.29) is 5.56 Å². The lowest BCUT2D eigenvalue weighted by atomic mass is 10.1. The van der Waals surface area contributed by atoms with Gasteiger partial charge in [0.25, 0.3) is 0 Å². The molecule has 0 atom stereocenters. The van der Waals surface area contributed by atoms with E-state index in [4.69, 9.17) is 0 Å². The Morgan fingerprint density at radius 2 is 1.78 bits per heavy atom. The van der Waals surface area contributed by atoms with Gasteiger partial charge in [0.2, 0.25) is 0 Å². The van der Waals surface area contributed by atoms with E-state index in [9.17, 15) is 17.6 Å². The van der Waals surface area contributed by atoms with Crippen LogP contribution in [0.5, 0.6) is 0 Å². The summed E-state index contributed by atoms with van der Waals surface area (Å²) in [5, 5.41) is 0. The second-order valence-electron chi connectivity index (χ2n) is 3.74. The fourth-order valence-corrected chi connectivity index (χ4v) is 1.52. The minimum absolute atomic E-state index is 0.283. The first kappa shape index (κ1) is 12.5. The van der Waals surface area contributed by atoms with Crippen LogP contribution < -0.4 is 0 Å². The number of benzene rings is 1. The number of hydrogen-bond donors (Lipinski definition) is 0. The molecule has 2 rings (SSSR count). The standard InChI is InChI=1S/C12H8F4N2/c1-7-4-11(18-6-17-7)8-2-3-9(10(13)5-8)12(14,15)16/h2-6H,1H3. The van der Waals surface area contributed by atoms with Crippen molar-refractivity contribution in [2.45, 2.75) is 13.1 Å². The lowest BCUT2D eigenvalue weighted by molar-refractivity contribution is -0.139. The molecule has 0 aliphatic heterocycles. The molecule has 0 aliphatic carbocycles.